The number of carbonyl (C=O) groups is 1. The molecule has 1 N–H and O–H groups in total. The summed E-state index contributed by atoms with van der Waals surface area (Å²) in [7, 11) is 1.84. The van der Waals surface area contributed by atoms with E-state index in [0.717, 1.165) is 23.1 Å². The van der Waals surface area contributed by atoms with Crippen LogP contribution < -0.4 is 14.8 Å². The normalized spacial score (nSPS) is 10.7. The Morgan fingerprint density at radius 1 is 1.23 bits per heavy atom. The molecule has 0 bridgehead atoms. The van der Waals surface area contributed by atoms with Gasteiger partial charge in [0, 0.05) is 12.4 Å². The molecule has 7 nitrogen and oxygen atoms in total. The third-order valence-corrected chi connectivity index (χ3v) is 3.82. The highest BCUT2D eigenvalue weighted by atomic mass is 16.5. The van der Waals surface area contributed by atoms with Crippen molar-refractivity contribution in [3.05, 3.63) is 42.2 Å². The number of anilines is 1. The van der Waals surface area contributed by atoms with Crippen molar-refractivity contribution in [3.8, 4) is 11.5 Å². The summed E-state index contributed by atoms with van der Waals surface area (Å²) < 4.78 is 12.9. The van der Waals surface area contributed by atoms with Gasteiger partial charge in [0.2, 0.25) is 0 Å². The number of hydrogen-bond acceptors (Lipinski definition) is 5. The summed E-state index contributed by atoms with van der Waals surface area (Å²) in [5.74, 6) is 0.919. The molecule has 3 aromatic rings. The van der Waals surface area contributed by atoms with Gasteiger partial charge in [-0.25, -0.2) is 4.98 Å². The maximum absolute atomic E-state index is 12.2. The zero-order chi connectivity index (χ0) is 18.5. The Morgan fingerprint density at radius 3 is 2.69 bits per heavy atom. The molecule has 0 atom stereocenters. The van der Waals surface area contributed by atoms with Crippen LogP contribution in [0.3, 0.4) is 0 Å². The van der Waals surface area contributed by atoms with Crippen LogP contribution in [-0.4, -0.2) is 33.9 Å². The van der Waals surface area contributed by atoms with Gasteiger partial charge in [-0.3, -0.25) is 9.48 Å². The van der Waals surface area contributed by atoms with E-state index in [-0.39, 0.29) is 12.5 Å². The Labute approximate surface area is 151 Å². The van der Waals surface area contributed by atoms with Crippen LogP contribution in [0.15, 0.2) is 36.5 Å². The van der Waals surface area contributed by atoms with E-state index in [4.69, 9.17) is 9.47 Å². The van der Waals surface area contributed by atoms with Crippen molar-refractivity contribution in [1.29, 1.82) is 0 Å². The Morgan fingerprint density at radius 2 is 1.96 bits per heavy atom. The van der Waals surface area contributed by atoms with Gasteiger partial charge < -0.3 is 14.8 Å². The molecule has 0 aliphatic carbocycles. The summed E-state index contributed by atoms with van der Waals surface area (Å²) in [6.45, 7) is 4.43. The first-order valence-electron chi connectivity index (χ1n) is 8.52. The Bertz CT molecular complexity index is 920. The zero-order valence-electron chi connectivity index (χ0n) is 15.2. The van der Waals surface area contributed by atoms with Gasteiger partial charge in [-0.05, 0) is 31.5 Å². The SMILES string of the molecule is CCCOc1ccccc1OCC(=O)Nc1cnc2c(c1)c(C)nn2C. The van der Waals surface area contributed by atoms with Crippen molar-refractivity contribution in [2.45, 2.75) is 20.3 Å². The van der Waals surface area contributed by atoms with Gasteiger partial charge in [0.15, 0.2) is 23.8 Å². The summed E-state index contributed by atoms with van der Waals surface area (Å²) in [5, 5.41) is 8.03. The zero-order valence-corrected chi connectivity index (χ0v) is 15.2. The third-order valence-electron chi connectivity index (χ3n) is 3.82. The number of aromatic nitrogens is 3. The molecule has 0 radical (unpaired) electrons. The highest BCUT2D eigenvalue weighted by Gasteiger charge is 2.11. The topological polar surface area (TPSA) is 78.3 Å². The Hall–Kier alpha value is -3.09. The van der Waals surface area contributed by atoms with Crippen LogP contribution in [0.4, 0.5) is 5.69 Å². The fraction of sp³-hybridized carbons (Fsp3) is 0.316. The monoisotopic (exact) mass is 354 g/mol. The van der Waals surface area contributed by atoms with Crippen LogP contribution in [0.1, 0.15) is 19.0 Å². The molecule has 2 heterocycles. The van der Waals surface area contributed by atoms with E-state index < -0.39 is 0 Å². The number of nitrogens with zero attached hydrogens (tertiary/aromatic N) is 3. The molecule has 2 aromatic heterocycles. The largest absolute Gasteiger partial charge is 0.490 e. The van der Waals surface area contributed by atoms with Crippen molar-refractivity contribution < 1.29 is 14.3 Å². The molecule has 0 aliphatic rings. The van der Waals surface area contributed by atoms with Gasteiger partial charge in [0.25, 0.3) is 5.91 Å². The van der Waals surface area contributed by atoms with Crippen molar-refractivity contribution >= 4 is 22.6 Å². The van der Waals surface area contributed by atoms with Gasteiger partial charge in [0.05, 0.1) is 24.2 Å². The van der Waals surface area contributed by atoms with Gasteiger partial charge in [-0.1, -0.05) is 19.1 Å². The second kappa shape index (κ2) is 7.86. The van der Waals surface area contributed by atoms with Crippen LogP contribution in [0, 0.1) is 6.92 Å². The predicted molar refractivity (Wildman–Crippen MR) is 99.6 cm³/mol. The minimum absolute atomic E-state index is 0.115. The second-order valence-corrected chi connectivity index (χ2v) is 5.94. The van der Waals surface area contributed by atoms with Crippen LogP contribution in [0.25, 0.3) is 11.0 Å². The quantitative estimate of drug-likeness (QED) is 0.705. The van der Waals surface area contributed by atoms with E-state index in [9.17, 15) is 4.79 Å². The molecule has 3 rings (SSSR count). The molecular weight excluding hydrogens is 332 g/mol. The lowest BCUT2D eigenvalue weighted by molar-refractivity contribution is -0.118. The van der Waals surface area contributed by atoms with E-state index in [0.29, 0.717) is 23.8 Å². The molecule has 26 heavy (non-hydrogen) atoms. The molecule has 136 valence electrons. The summed E-state index contributed by atoms with van der Waals surface area (Å²) >= 11 is 0. The van der Waals surface area contributed by atoms with Crippen LogP contribution in [0.5, 0.6) is 11.5 Å². The fourth-order valence-electron chi connectivity index (χ4n) is 2.62. The number of para-hydroxylation sites is 2. The maximum atomic E-state index is 12.2. The van der Waals surface area contributed by atoms with Gasteiger partial charge in [-0.2, -0.15) is 5.10 Å². The summed E-state index contributed by atoms with van der Waals surface area (Å²) in [6.07, 6.45) is 2.51. The number of rotatable bonds is 7. The number of hydrogen-bond donors (Lipinski definition) is 1. The molecule has 0 unspecified atom stereocenters. The van der Waals surface area contributed by atoms with Crippen molar-refractivity contribution in [2.75, 3.05) is 18.5 Å². The van der Waals surface area contributed by atoms with E-state index in [2.05, 4.69) is 15.4 Å². The summed E-state index contributed by atoms with van der Waals surface area (Å²) in [5.41, 5.74) is 2.25. The van der Waals surface area contributed by atoms with Gasteiger partial charge in [-0.15, -0.1) is 0 Å². The molecule has 7 heteroatoms. The lowest BCUT2D eigenvalue weighted by Crippen LogP contribution is -2.20. The van der Waals surface area contributed by atoms with Crippen molar-refractivity contribution in [3.63, 3.8) is 0 Å². The summed E-state index contributed by atoms with van der Waals surface area (Å²) in [6, 6.07) is 9.18. The lowest BCUT2D eigenvalue weighted by atomic mass is 10.2. The number of nitrogens with one attached hydrogen (secondary N) is 1. The fourth-order valence-corrected chi connectivity index (χ4v) is 2.62. The van der Waals surface area contributed by atoms with E-state index in [1.165, 1.54) is 0 Å². The van der Waals surface area contributed by atoms with Crippen molar-refractivity contribution in [2.24, 2.45) is 7.05 Å². The molecule has 1 aromatic carbocycles. The number of ether oxygens (including phenoxy) is 2. The Balaban J connectivity index is 1.64. The number of amides is 1. The Kier molecular flexibility index (Phi) is 5.36. The van der Waals surface area contributed by atoms with E-state index in [1.54, 1.807) is 16.9 Å². The van der Waals surface area contributed by atoms with Crippen LogP contribution in [0.2, 0.25) is 0 Å². The first-order valence-corrected chi connectivity index (χ1v) is 8.52. The van der Waals surface area contributed by atoms with E-state index >= 15 is 0 Å². The molecule has 0 saturated heterocycles. The minimum atomic E-state index is -0.266. The number of fused-ring (bicyclic) bond motifs is 1. The average Bonchev–Trinajstić information content (AvgIpc) is 2.92. The minimum Gasteiger partial charge on any atom is -0.490 e. The molecule has 0 fully saturated rings. The number of aryl methyl sites for hydroxylation is 2. The molecule has 0 saturated carbocycles. The predicted octanol–water partition coefficient (Wildman–Crippen LogP) is 3.08. The van der Waals surface area contributed by atoms with E-state index in [1.807, 2.05) is 45.2 Å². The molecule has 0 spiro atoms. The first kappa shape index (κ1) is 17.7. The smallest absolute Gasteiger partial charge is 0.262 e. The van der Waals surface area contributed by atoms with Crippen LogP contribution in [-0.2, 0) is 11.8 Å². The van der Waals surface area contributed by atoms with Gasteiger partial charge >= 0.3 is 0 Å². The third kappa shape index (κ3) is 3.93. The number of benzene rings is 1. The standard InChI is InChI=1S/C19H22N4O3/c1-4-9-25-16-7-5-6-8-17(16)26-12-18(24)21-14-10-15-13(2)22-23(3)19(15)20-11-14/h5-8,10-11H,4,9,12H2,1-3H3,(H,21,24). The number of carbonyl (C=O) groups excluding carboxylic acids is 1. The van der Waals surface area contributed by atoms with Crippen molar-refractivity contribution in [1.82, 2.24) is 14.8 Å². The van der Waals surface area contributed by atoms with Crippen LogP contribution >= 0.6 is 0 Å². The molecular formula is C19H22N4O3. The van der Waals surface area contributed by atoms with Gasteiger partial charge in [0.1, 0.15) is 0 Å². The molecule has 1 amide bonds. The average molecular weight is 354 g/mol. The highest BCUT2D eigenvalue weighted by molar-refractivity contribution is 5.94. The molecule has 0 aliphatic heterocycles. The summed E-state index contributed by atoms with van der Waals surface area (Å²) in [4.78, 5) is 16.6. The first-order chi connectivity index (χ1) is 12.6. The second-order valence-electron chi connectivity index (χ2n) is 5.94. The highest BCUT2D eigenvalue weighted by Crippen LogP contribution is 2.26. The lowest BCUT2D eigenvalue weighted by Gasteiger charge is -2.12. The maximum Gasteiger partial charge on any atom is 0.262 e. The number of pyridine rings is 1.